The lowest BCUT2D eigenvalue weighted by Gasteiger charge is -2.08. The Labute approximate surface area is 167 Å². The van der Waals surface area contributed by atoms with Crippen molar-refractivity contribution in [3.8, 4) is 11.5 Å². The van der Waals surface area contributed by atoms with E-state index in [9.17, 15) is 17.6 Å². The highest BCUT2D eigenvalue weighted by Gasteiger charge is 2.28. The van der Waals surface area contributed by atoms with Gasteiger partial charge in [0.2, 0.25) is 5.78 Å². The summed E-state index contributed by atoms with van der Waals surface area (Å²) in [5.74, 6) is -0.598. The number of carbonyl (C=O) groups excluding carboxylic acids is 1. The third-order valence-electron chi connectivity index (χ3n) is 4.30. The van der Waals surface area contributed by atoms with Crippen LogP contribution in [0.15, 0.2) is 77.4 Å². The fourth-order valence-corrected chi connectivity index (χ4v) is 3.77. The second kappa shape index (κ2) is 7.18. The van der Waals surface area contributed by atoms with E-state index in [0.29, 0.717) is 5.56 Å². The van der Waals surface area contributed by atoms with Crippen LogP contribution in [0.2, 0.25) is 0 Å². The van der Waals surface area contributed by atoms with E-state index in [2.05, 4.69) is 0 Å². The maximum absolute atomic E-state index is 13.3. The zero-order valence-corrected chi connectivity index (χ0v) is 16.1. The zero-order valence-electron chi connectivity index (χ0n) is 15.3. The molecule has 1 aliphatic rings. The number of ether oxygens (including phenoxy) is 1. The molecule has 1 aliphatic heterocycles. The molecule has 0 aromatic heterocycles. The van der Waals surface area contributed by atoms with Crippen molar-refractivity contribution in [2.24, 2.45) is 0 Å². The second-order valence-electron chi connectivity index (χ2n) is 6.50. The van der Waals surface area contributed by atoms with Gasteiger partial charge in [-0.3, -0.25) is 4.79 Å². The molecule has 29 heavy (non-hydrogen) atoms. The summed E-state index contributed by atoms with van der Waals surface area (Å²) in [6, 6.07) is 16.1. The topological polar surface area (TPSA) is 69.7 Å². The number of fused-ring (bicyclic) bond motifs is 1. The van der Waals surface area contributed by atoms with Crippen LogP contribution in [-0.2, 0) is 10.1 Å². The molecule has 0 bridgehead atoms. The number of ketones is 1. The summed E-state index contributed by atoms with van der Waals surface area (Å²) in [5, 5.41) is 0. The number of aryl methyl sites for hydroxylation is 1. The van der Waals surface area contributed by atoms with E-state index in [4.69, 9.17) is 8.92 Å². The largest absolute Gasteiger partial charge is 0.452 e. The lowest BCUT2D eigenvalue weighted by molar-refractivity contribution is 0.101. The van der Waals surface area contributed by atoms with E-state index < -0.39 is 15.9 Å². The highest BCUT2D eigenvalue weighted by molar-refractivity contribution is 7.87. The molecular weight excluding hydrogens is 395 g/mol. The average Bonchev–Trinajstić information content (AvgIpc) is 2.97. The van der Waals surface area contributed by atoms with Gasteiger partial charge in [0.25, 0.3) is 0 Å². The Morgan fingerprint density at radius 1 is 1.00 bits per heavy atom. The molecule has 7 heteroatoms. The summed E-state index contributed by atoms with van der Waals surface area (Å²) in [5.41, 5.74) is 1.67. The predicted octanol–water partition coefficient (Wildman–Crippen LogP) is 4.52. The van der Waals surface area contributed by atoms with Crippen LogP contribution < -0.4 is 8.92 Å². The quantitative estimate of drug-likeness (QED) is 0.467. The van der Waals surface area contributed by atoms with E-state index >= 15 is 0 Å². The SMILES string of the molecule is Cc1ccc(S(=O)(=O)Oc2ccc3c(c2)O/C(=C\c2cccc(F)c2)C3=O)cc1. The predicted molar refractivity (Wildman–Crippen MR) is 105 cm³/mol. The van der Waals surface area contributed by atoms with Crippen molar-refractivity contribution in [2.75, 3.05) is 0 Å². The number of Topliss-reactive ketones (excluding diaryl/α,β-unsaturated/α-hetero) is 1. The van der Waals surface area contributed by atoms with Gasteiger partial charge in [0.15, 0.2) is 5.76 Å². The number of hydrogen-bond acceptors (Lipinski definition) is 5. The zero-order chi connectivity index (χ0) is 20.6. The van der Waals surface area contributed by atoms with Gasteiger partial charge in [-0.1, -0.05) is 29.8 Å². The van der Waals surface area contributed by atoms with Gasteiger partial charge in [0, 0.05) is 6.07 Å². The highest BCUT2D eigenvalue weighted by Crippen LogP contribution is 2.35. The van der Waals surface area contributed by atoms with Crippen LogP contribution in [0.5, 0.6) is 11.5 Å². The Morgan fingerprint density at radius 3 is 2.48 bits per heavy atom. The van der Waals surface area contributed by atoms with Gasteiger partial charge < -0.3 is 8.92 Å². The summed E-state index contributed by atoms with van der Waals surface area (Å²) in [6.45, 7) is 1.85. The van der Waals surface area contributed by atoms with Gasteiger partial charge >= 0.3 is 10.1 Å². The molecule has 0 fully saturated rings. The number of carbonyl (C=O) groups is 1. The Morgan fingerprint density at radius 2 is 1.76 bits per heavy atom. The summed E-state index contributed by atoms with van der Waals surface area (Å²) in [6.07, 6.45) is 1.43. The van der Waals surface area contributed by atoms with Gasteiger partial charge in [0.1, 0.15) is 22.2 Å². The Kier molecular flexibility index (Phi) is 4.68. The normalized spacial score (nSPS) is 14.6. The molecule has 146 valence electrons. The molecule has 3 aromatic rings. The minimum absolute atomic E-state index is 0.0177. The van der Waals surface area contributed by atoms with Gasteiger partial charge in [0.05, 0.1) is 5.56 Å². The van der Waals surface area contributed by atoms with Gasteiger partial charge in [-0.2, -0.15) is 8.42 Å². The molecular formula is C22H15FO5S. The van der Waals surface area contributed by atoms with E-state index in [1.807, 2.05) is 6.92 Å². The standard InChI is InChI=1S/C22H15FO5S/c1-14-5-8-18(9-6-14)29(25,26)28-17-7-10-19-20(13-17)27-21(22(19)24)12-15-3-2-4-16(23)11-15/h2-13H,1H3/b21-12-. The molecule has 0 saturated carbocycles. The molecule has 0 spiro atoms. The summed E-state index contributed by atoms with van der Waals surface area (Å²) in [4.78, 5) is 12.5. The molecule has 1 heterocycles. The smallest absolute Gasteiger partial charge is 0.339 e. The van der Waals surface area contributed by atoms with Gasteiger partial charge in [-0.05, 0) is 55.0 Å². The van der Waals surface area contributed by atoms with E-state index in [1.54, 1.807) is 18.2 Å². The number of halogens is 1. The summed E-state index contributed by atoms with van der Waals surface area (Å²) >= 11 is 0. The lowest BCUT2D eigenvalue weighted by atomic mass is 10.1. The fourth-order valence-electron chi connectivity index (χ4n) is 2.85. The third kappa shape index (κ3) is 3.90. The van der Waals surface area contributed by atoms with Crippen LogP contribution >= 0.6 is 0 Å². The summed E-state index contributed by atoms with van der Waals surface area (Å²) < 4.78 is 48.9. The van der Waals surface area contributed by atoms with E-state index in [-0.39, 0.29) is 33.5 Å². The minimum Gasteiger partial charge on any atom is -0.452 e. The van der Waals surface area contributed by atoms with Gasteiger partial charge in [-0.25, -0.2) is 4.39 Å². The van der Waals surface area contributed by atoms with E-state index in [0.717, 1.165) is 5.56 Å². The maximum atomic E-state index is 13.3. The average molecular weight is 410 g/mol. The highest BCUT2D eigenvalue weighted by atomic mass is 32.2. The van der Waals surface area contributed by atoms with Gasteiger partial charge in [-0.15, -0.1) is 0 Å². The molecule has 3 aromatic carbocycles. The molecule has 0 N–H and O–H groups in total. The Hall–Kier alpha value is -3.45. The van der Waals surface area contributed by atoms with Crippen LogP contribution in [-0.4, -0.2) is 14.2 Å². The maximum Gasteiger partial charge on any atom is 0.339 e. The Balaban J connectivity index is 1.60. The van der Waals surface area contributed by atoms with Crippen molar-refractivity contribution in [3.05, 3.63) is 95.0 Å². The van der Waals surface area contributed by atoms with Crippen molar-refractivity contribution < 1.29 is 26.5 Å². The minimum atomic E-state index is -4.02. The Bertz CT molecular complexity index is 1240. The van der Waals surface area contributed by atoms with Crippen LogP contribution in [0.1, 0.15) is 21.5 Å². The van der Waals surface area contributed by atoms with Crippen molar-refractivity contribution in [3.63, 3.8) is 0 Å². The van der Waals surface area contributed by atoms with Crippen molar-refractivity contribution in [1.29, 1.82) is 0 Å². The van der Waals surface area contributed by atoms with E-state index in [1.165, 1.54) is 54.6 Å². The van der Waals surface area contributed by atoms with Crippen molar-refractivity contribution in [1.82, 2.24) is 0 Å². The van der Waals surface area contributed by atoms with Crippen LogP contribution in [0.25, 0.3) is 6.08 Å². The summed E-state index contributed by atoms with van der Waals surface area (Å²) in [7, 11) is -4.02. The molecule has 0 atom stereocenters. The molecule has 0 unspecified atom stereocenters. The second-order valence-corrected chi connectivity index (χ2v) is 8.05. The molecule has 0 aliphatic carbocycles. The van der Waals surface area contributed by atoms with Crippen molar-refractivity contribution in [2.45, 2.75) is 11.8 Å². The van der Waals surface area contributed by atoms with Crippen molar-refractivity contribution >= 4 is 22.0 Å². The molecule has 0 amide bonds. The number of rotatable bonds is 4. The fraction of sp³-hybridized carbons (Fsp3) is 0.0455. The van der Waals surface area contributed by atoms with Crippen LogP contribution in [0.3, 0.4) is 0 Å². The molecule has 0 radical (unpaired) electrons. The lowest BCUT2D eigenvalue weighted by Crippen LogP contribution is -2.09. The first kappa shape index (κ1) is 18.9. The first-order chi connectivity index (χ1) is 13.8. The monoisotopic (exact) mass is 410 g/mol. The first-order valence-electron chi connectivity index (χ1n) is 8.67. The molecule has 0 saturated heterocycles. The number of allylic oxidation sites excluding steroid dienone is 1. The molecule has 5 nitrogen and oxygen atoms in total. The molecule has 4 rings (SSSR count). The first-order valence-corrected chi connectivity index (χ1v) is 10.1. The van der Waals surface area contributed by atoms with Crippen LogP contribution in [0, 0.1) is 12.7 Å². The third-order valence-corrected chi connectivity index (χ3v) is 5.56. The number of benzene rings is 3. The van der Waals surface area contributed by atoms with Crippen LogP contribution in [0.4, 0.5) is 4.39 Å². The number of hydrogen-bond donors (Lipinski definition) is 0.